The van der Waals surface area contributed by atoms with Gasteiger partial charge < -0.3 is 30.2 Å². The van der Waals surface area contributed by atoms with Crippen molar-refractivity contribution in [3.63, 3.8) is 0 Å². The van der Waals surface area contributed by atoms with Crippen LogP contribution in [-0.2, 0) is 4.74 Å². The van der Waals surface area contributed by atoms with E-state index in [4.69, 9.17) is 4.74 Å². The fourth-order valence-corrected chi connectivity index (χ4v) is 3.19. The first-order valence-corrected chi connectivity index (χ1v) is 10.0. The number of aryl methyl sites for hydroxylation is 1. The number of anilines is 3. The lowest BCUT2D eigenvalue weighted by Crippen LogP contribution is -2.37. The normalized spacial score (nSPS) is 13.5. The molecule has 0 atom stereocenters. The van der Waals surface area contributed by atoms with Gasteiger partial charge in [0.15, 0.2) is 5.82 Å². The molecule has 1 saturated heterocycles. The molecule has 2 aromatic carbocycles. The van der Waals surface area contributed by atoms with E-state index < -0.39 is 12.0 Å². The van der Waals surface area contributed by atoms with Gasteiger partial charge in [0.25, 0.3) is 0 Å². The summed E-state index contributed by atoms with van der Waals surface area (Å²) in [6.07, 6.45) is 0. The molecule has 0 bridgehead atoms. The SMILES string of the molecule is Cc1nc(-c2ccc(NC(=O)Nc3ccc(C(=O)[O-])cc3)cc2)nc(N2CCOCC2)n1. The maximum absolute atomic E-state index is 12.2. The van der Waals surface area contributed by atoms with Gasteiger partial charge in [0.2, 0.25) is 5.95 Å². The van der Waals surface area contributed by atoms with Gasteiger partial charge in [-0.2, -0.15) is 9.97 Å². The molecule has 1 aliphatic rings. The monoisotopic (exact) mass is 433 g/mol. The zero-order valence-electron chi connectivity index (χ0n) is 17.4. The minimum Gasteiger partial charge on any atom is -0.545 e. The number of morpholine rings is 1. The number of carbonyl (C=O) groups is 2. The number of benzene rings is 2. The summed E-state index contributed by atoms with van der Waals surface area (Å²) in [5, 5.41) is 16.2. The van der Waals surface area contributed by atoms with Crippen LogP contribution in [0.3, 0.4) is 0 Å². The summed E-state index contributed by atoms with van der Waals surface area (Å²) in [7, 11) is 0. The quantitative estimate of drug-likeness (QED) is 0.621. The molecule has 0 saturated carbocycles. The van der Waals surface area contributed by atoms with E-state index in [-0.39, 0.29) is 5.56 Å². The maximum Gasteiger partial charge on any atom is 0.323 e. The number of nitrogens with one attached hydrogen (secondary N) is 2. The molecular formula is C22H21N6O4-. The van der Waals surface area contributed by atoms with Crippen molar-refractivity contribution >= 4 is 29.3 Å². The van der Waals surface area contributed by atoms with Crippen LogP contribution < -0.4 is 20.6 Å². The van der Waals surface area contributed by atoms with E-state index in [1.54, 1.807) is 12.1 Å². The molecule has 1 aliphatic heterocycles. The smallest absolute Gasteiger partial charge is 0.323 e. The summed E-state index contributed by atoms with van der Waals surface area (Å²) in [4.78, 5) is 38.6. The van der Waals surface area contributed by atoms with E-state index in [1.807, 2.05) is 19.1 Å². The van der Waals surface area contributed by atoms with Crippen molar-refractivity contribution in [2.24, 2.45) is 0 Å². The van der Waals surface area contributed by atoms with Crippen LogP contribution in [0.15, 0.2) is 48.5 Å². The van der Waals surface area contributed by atoms with E-state index in [2.05, 4.69) is 30.5 Å². The zero-order valence-corrected chi connectivity index (χ0v) is 17.4. The van der Waals surface area contributed by atoms with Crippen molar-refractivity contribution in [2.45, 2.75) is 6.92 Å². The average molecular weight is 433 g/mol. The van der Waals surface area contributed by atoms with Crippen molar-refractivity contribution in [2.75, 3.05) is 41.8 Å². The van der Waals surface area contributed by atoms with E-state index in [1.165, 1.54) is 24.3 Å². The van der Waals surface area contributed by atoms with Crippen LogP contribution in [0.25, 0.3) is 11.4 Å². The summed E-state index contributed by atoms with van der Waals surface area (Å²) in [5.74, 6) is 0.541. The number of ether oxygens (including phenoxy) is 1. The highest BCUT2D eigenvalue weighted by Crippen LogP contribution is 2.21. The first-order valence-electron chi connectivity index (χ1n) is 10.0. The highest BCUT2D eigenvalue weighted by molar-refractivity contribution is 6.00. The Morgan fingerprint density at radius 3 is 2.09 bits per heavy atom. The minimum atomic E-state index is -1.27. The second kappa shape index (κ2) is 9.40. The molecule has 2 amide bonds. The number of nitrogens with zero attached hydrogens (tertiary/aromatic N) is 4. The number of aromatic nitrogens is 3. The van der Waals surface area contributed by atoms with Crippen molar-refractivity contribution in [3.05, 3.63) is 59.9 Å². The Balaban J connectivity index is 1.42. The summed E-state index contributed by atoms with van der Waals surface area (Å²) in [5.41, 5.74) is 1.88. The summed E-state index contributed by atoms with van der Waals surface area (Å²) in [6.45, 7) is 4.58. The van der Waals surface area contributed by atoms with Crippen LogP contribution >= 0.6 is 0 Å². The molecule has 3 aromatic rings. The Hall–Kier alpha value is -4.05. The van der Waals surface area contributed by atoms with Crippen LogP contribution in [0, 0.1) is 6.92 Å². The summed E-state index contributed by atoms with van der Waals surface area (Å²) >= 11 is 0. The topological polar surface area (TPSA) is 132 Å². The van der Waals surface area contributed by atoms with Crippen molar-refractivity contribution in [1.82, 2.24) is 15.0 Å². The number of aromatic carboxylic acids is 1. The van der Waals surface area contributed by atoms with E-state index >= 15 is 0 Å². The van der Waals surface area contributed by atoms with E-state index in [0.717, 1.165) is 18.7 Å². The molecule has 10 nitrogen and oxygen atoms in total. The molecule has 2 heterocycles. The predicted molar refractivity (Wildman–Crippen MR) is 116 cm³/mol. The Morgan fingerprint density at radius 1 is 0.906 bits per heavy atom. The van der Waals surface area contributed by atoms with E-state index in [9.17, 15) is 14.7 Å². The second-order valence-corrected chi connectivity index (χ2v) is 7.13. The maximum atomic E-state index is 12.2. The molecular weight excluding hydrogens is 412 g/mol. The van der Waals surface area contributed by atoms with Gasteiger partial charge >= 0.3 is 6.03 Å². The standard InChI is InChI=1S/C22H22N6O4/c1-14-23-19(27-21(24-14)28-10-12-32-13-11-28)15-2-6-17(7-3-15)25-22(31)26-18-8-4-16(5-9-18)20(29)30/h2-9H,10-13H2,1H3,(H,29,30)(H2,25,26,31)/p-1. The zero-order chi connectivity index (χ0) is 22.5. The Labute approximate surface area is 184 Å². The third-order valence-corrected chi connectivity index (χ3v) is 4.81. The second-order valence-electron chi connectivity index (χ2n) is 7.13. The number of carboxylic acids is 1. The van der Waals surface area contributed by atoms with Crippen molar-refractivity contribution in [3.8, 4) is 11.4 Å². The summed E-state index contributed by atoms with van der Waals surface area (Å²) in [6, 6.07) is 12.4. The minimum absolute atomic E-state index is 0.0388. The number of urea groups is 1. The Kier molecular flexibility index (Phi) is 6.22. The molecule has 32 heavy (non-hydrogen) atoms. The Bertz CT molecular complexity index is 1110. The fraction of sp³-hybridized carbons (Fsp3) is 0.227. The first-order chi connectivity index (χ1) is 15.5. The van der Waals surface area contributed by atoms with Crippen molar-refractivity contribution < 1.29 is 19.4 Å². The number of hydrogen-bond acceptors (Lipinski definition) is 8. The molecule has 4 rings (SSSR count). The van der Waals surface area contributed by atoms with Gasteiger partial charge in [-0.15, -0.1) is 0 Å². The van der Waals surface area contributed by atoms with Crippen LogP contribution in [0.2, 0.25) is 0 Å². The first kappa shape index (κ1) is 21.2. The molecule has 0 spiro atoms. The third-order valence-electron chi connectivity index (χ3n) is 4.81. The lowest BCUT2D eigenvalue weighted by atomic mass is 10.2. The molecule has 2 N–H and O–H groups in total. The molecule has 0 unspecified atom stereocenters. The highest BCUT2D eigenvalue weighted by atomic mass is 16.5. The largest absolute Gasteiger partial charge is 0.545 e. The van der Waals surface area contributed by atoms with Crippen LogP contribution in [0.1, 0.15) is 16.2 Å². The van der Waals surface area contributed by atoms with Gasteiger partial charge in [-0.05, 0) is 48.9 Å². The van der Waals surface area contributed by atoms with Gasteiger partial charge in [0, 0.05) is 30.0 Å². The van der Waals surface area contributed by atoms with Gasteiger partial charge in [0.05, 0.1) is 19.2 Å². The molecule has 0 radical (unpaired) electrons. The van der Waals surface area contributed by atoms with Gasteiger partial charge in [-0.3, -0.25) is 0 Å². The lowest BCUT2D eigenvalue weighted by molar-refractivity contribution is -0.255. The van der Waals surface area contributed by atoms with Gasteiger partial charge in [0.1, 0.15) is 5.82 Å². The molecule has 164 valence electrons. The van der Waals surface area contributed by atoms with Crippen molar-refractivity contribution in [1.29, 1.82) is 0 Å². The van der Waals surface area contributed by atoms with Gasteiger partial charge in [-0.1, -0.05) is 12.1 Å². The van der Waals surface area contributed by atoms with E-state index in [0.29, 0.717) is 42.2 Å². The Morgan fingerprint density at radius 2 is 1.50 bits per heavy atom. The molecule has 1 fully saturated rings. The lowest BCUT2D eigenvalue weighted by Gasteiger charge is -2.27. The fourth-order valence-electron chi connectivity index (χ4n) is 3.19. The molecule has 1 aromatic heterocycles. The number of hydrogen-bond donors (Lipinski definition) is 2. The number of carbonyl (C=O) groups excluding carboxylic acids is 2. The molecule has 0 aliphatic carbocycles. The third kappa shape index (κ3) is 5.16. The van der Waals surface area contributed by atoms with Crippen LogP contribution in [0.4, 0.5) is 22.1 Å². The number of carboxylic acid groups (broad SMARTS) is 1. The summed E-state index contributed by atoms with van der Waals surface area (Å²) < 4.78 is 5.38. The number of amides is 2. The molecule has 10 heteroatoms. The number of rotatable bonds is 5. The average Bonchev–Trinajstić information content (AvgIpc) is 2.80. The highest BCUT2D eigenvalue weighted by Gasteiger charge is 2.16. The predicted octanol–water partition coefficient (Wildman–Crippen LogP) is 1.69. The van der Waals surface area contributed by atoms with Gasteiger partial charge in [-0.25, -0.2) is 9.78 Å². The van der Waals surface area contributed by atoms with Crippen LogP contribution in [-0.4, -0.2) is 53.3 Å². The van der Waals surface area contributed by atoms with Crippen LogP contribution in [0.5, 0.6) is 0 Å².